The zero-order chi connectivity index (χ0) is 23.9. The first-order valence-electron chi connectivity index (χ1n) is 9.55. The highest BCUT2D eigenvalue weighted by Crippen LogP contribution is 2.46. The van der Waals surface area contributed by atoms with Crippen molar-refractivity contribution in [3.63, 3.8) is 0 Å². The summed E-state index contributed by atoms with van der Waals surface area (Å²) in [5, 5.41) is 22.0. The van der Waals surface area contributed by atoms with E-state index < -0.39 is 23.5 Å². The monoisotopic (exact) mass is 632 g/mol. The van der Waals surface area contributed by atoms with Crippen LogP contribution in [-0.4, -0.2) is 22.3 Å². The van der Waals surface area contributed by atoms with Gasteiger partial charge in [-0.3, -0.25) is 15.3 Å². The van der Waals surface area contributed by atoms with Crippen molar-refractivity contribution in [1.29, 1.82) is 0 Å². The molecule has 0 aliphatic rings. The van der Waals surface area contributed by atoms with Crippen molar-refractivity contribution >= 4 is 65.5 Å². The number of anilines is 1. The van der Waals surface area contributed by atoms with E-state index in [-0.39, 0.29) is 5.75 Å². The molecule has 10 heteroatoms. The Labute approximate surface area is 211 Å². The molecule has 4 N–H and O–H groups in total. The fourth-order valence-corrected chi connectivity index (χ4v) is 4.55. The van der Waals surface area contributed by atoms with Gasteiger partial charge in [0.15, 0.2) is 0 Å². The molecule has 0 bridgehead atoms. The summed E-state index contributed by atoms with van der Waals surface area (Å²) < 4.78 is 7.86. The van der Waals surface area contributed by atoms with Gasteiger partial charge in [-0.15, -0.1) is 0 Å². The van der Waals surface area contributed by atoms with E-state index in [1.54, 1.807) is 42.5 Å². The fraction of sp³-hybridized carbons (Fsp3) is 0.273. The fourth-order valence-electron chi connectivity index (χ4n) is 3.03. The van der Waals surface area contributed by atoms with Crippen molar-refractivity contribution in [2.45, 2.75) is 32.8 Å². The Morgan fingerprint density at radius 1 is 1.12 bits per heavy atom. The summed E-state index contributed by atoms with van der Waals surface area (Å²) in [5.41, 5.74) is 1.90. The maximum Gasteiger partial charge on any atom is 0.412 e. The molecule has 7 nitrogen and oxygen atoms in total. The van der Waals surface area contributed by atoms with Crippen LogP contribution in [0.2, 0.25) is 0 Å². The third-order valence-corrected chi connectivity index (χ3v) is 6.29. The zero-order valence-electron chi connectivity index (χ0n) is 17.4. The molecule has 172 valence electrons. The summed E-state index contributed by atoms with van der Waals surface area (Å²) in [5.74, 6) is -0.657. The van der Waals surface area contributed by atoms with Crippen LogP contribution in [0.1, 0.15) is 38.4 Å². The van der Waals surface area contributed by atoms with E-state index in [0.29, 0.717) is 33.0 Å². The van der Waals surface area contributed by atoms with Crippen LogP contribution in [0.3, 0.4) is 0 Å². The van der Waals surface area contributed by atoms with Gasteiger partial charge in [-0.2, -0.15) is 0 Å². The van der Waals surface area contributed by atoms with Crippen LogP contribution in [0.15, 0.2) is 62.0 Å². The molecule has 0 saturated heterocycles. The lowest BCUT2D eigenvalue weighted by atomic mass is 9.78. The topological polar surface area (TPSA) is 108 Å². The van der Waals surface area contributed by atoms with Gasteiger partial charge in [0.2, 0.25) is 0 Å². The molecule has 0 heterocycles. The van der Waals surface area contributed by atoms with Crippen molar-refractivity contribution in [3.8, 4) is 5.75 Å². The van der Waals surface area contributed by atoms with Gasteiger partial charge < -0.3 is 9.84 Å². The molecule has 0 fully saturated rings. The van der Waals surface area contributed by atoms with Gasteiger partial charge in [-0.25, -0.2) is 10.3 Å². The molecule has 0 unspecified atom stereocenters. The van der Waals surface area contributed by atoms with Gasteiger partial charge in [0, 0.05) is 31.7 Å². The number of allylic oxidation sites excluding steroid dienone is 1. The number of phenolic OH excluding ortho intramolecular Hbond substituents is 1. The lowest BCUT2D eigenvalue weighted by Gasteiger charge is -2.34. The maximum absolute atomic E-state index is 12.7. The minimum atomic E-state index is -0.813. The molecule has 2 aromatic rings. The number of phenols is 1. The average molecular weight is 635 g/mol. The van der Waals surface area contributed by atoms with Gasteiger partial charge in [0.25, 0.3) is 5.91 Å². The lowest BCUT2D eigenvalue weighted by molar-refractivity contribution is -0.124. The summed E-state index contributed by atoms with van der Waals surface area (Å²) >= 11 is 10.1. The molecule has 2 aromatic carbocycles. The number of hydrogen-bond donors (Lipinski definition) is 4. The number of carbonyl (C=O) groups excluding carboxylic acids is 2. The van der Waals surface area contributed by atoms with E-state index in [0.717, 1.165) is 4.47 Å². The van der Waals surface area contributed by atoms with Crippen LogP contribution < -0.4 is 10.8 Å². The number of carbonyl (C=O) groups is 2. The molecular weight excluding hydrogens is 612 g/mol. The van der Waals surface area contributed by atoms with Crippen LogP contribution in [0.25, 0.3) is 0 Å². The maximum atomic E-state index is 12.7. The Bertz CT molecular complexity index is 994. The number of rotatable bonds is 8. The summed E-state index contributed by atoms with van der Waals surface area (Å²) in [6.07, 6.45) is 2.34. The normalized spacial score (nSPS) is 12.4. The Morgan fingerprint density at radius 2 is 1.78 bits per heavy atom. The quantitative estimate of drug-likeness (QED) is 0.145. The van der Waals surface area contributed by atoms with Gasteiger partial charge in [-0.05, 0) is 65.2 Å². The second-order valence-electron chi connectivity index (χ2n) is 7.65. The standard InChI is InChI=1S/C22H23Br3N2O5/c1-22(2,10-4-3-5-18(28)27-31)20(16-11-14(24)12-17(25)19(16)29)32-21(30)26-15-8-6-13(23)7-9-15/h3,5-9,11-12,20,29,31H,4,10H2,1-2H3,(H,26,30)(H,27,28)/b5-3+/t20-/m0/s1. The summed E-state index contributed by atoms with van der Waals surface area (Å²) in [6.45, 7) is 3.80. The smallest absolute Gasteiger partial charge is 0.412 e. The number of halogens is 3. The Morgan fingerprint density at radius 3 is 2.41 bits per heavy atom. The molecule has 0 radical (unpaired) electrons. The van der Waals surface area contributed by atoms with E-state index in [4.69, 9.17) is 9.94 Å². The van der Waals surface area contributed by atoms with E-state index in [1.165, 1.54) is 11.6 Å². The van der Waals surface area contributed by atoms with E-state index in [2.05, 4.69) is 53.1 Å². The Kier molecular flexibility index (Phi) is 9.75. The minimum Gasteiger partial charge on any atom is -0.506 e. The van der Waals surface area contributed by atoms with Crippen LogP contribution in [-0.2, 0) is 9.53 Å². The highest BCUT2D eigenvalue weighted by molar-refractivity contribution is 9.11. The lowest BCUT2D eigenvalue weighted by Crippen LogP contribution is -2.29. The number of aromatic hydroxyl groups is 1. The molecule has 0 saturated carbocycles. The van der Waals surface area contributed by atoms with Crippen LogP contribution >= 0.6 is 47.8 Å². The van der Waals surface area contributed by atoms with E-state index in [9.17, 15) is 14.7 Å². The molecule has 0 aliphatic carbocycles. The third kappa shape index (κ3) is 7.61. The van der Waals surface area contributed by atoms with Crippen LogP contribution in [0, 0.1) is 5.41 Å². The van der Waals surface area contributed by atoms with E-state index in [1.807, 2.05) is 13.8 Å². The number of hydrogen-bond acceptors (Lipinski definition) is 5. The molecule has 1 atom stereocenters. The average Bonchev–Trinajstić information content (AvgIpc) is 2.73. The highest BCUT2D eigenvalue weighted by atomic mass is 79.9. The molecular formula is C22H23Br3N2O5. The van der Waals surface area contributed by atoms with Crippen molar-refractivity contribution in [1.82, 2.24) is 5.48 Å². The molecule has 0 aliphatic heterocycles. The van der Waals surface area contributed by atoms with Crippen LogP contribution in [0.4, 0.5) is 10.5 Å². The van der Waals surface area contributed by atoms with Crippen molar-refractivity contribution in [2.24, 2.45) is 5.41 Å². The second-order valence-corrected chi connectivity index (χ2v) is 10.3. The predicted octanol–water partition coefficient (Wildman–Crippen LogP) is 6.84. The molecule has 0 aromatic heterocycles. The SMILES string of the molecule is CC(C)(CC/C=C/C(=O)NO)[C@@H](OC(=O)Nc1ccc(Br)cc1)c1cc(Br)cc(Br)c1O. The summed E-state index contributed by atoms with van der Waals surface area (Å²) in [7, 11) is 0. The Balaban J connectivity index is 2.30. The highest BCUT2D eigenvalue weighted by Gasteiger charge is 2.36. The first-order valence-corrected chi connectivity index (χ1v) is 11.9. The first kappa shape index (κ1) is 26.4. The molecule has 32 heavy (non-hydrogen) atoms. The number of nitrogens with one attached hydrogen (secondary N) is 2. The first-order chi connectivity index (χ1) is 15.0. The van der Waals surface area contributed by atoms with Gasteiger partial charge >= 0.3 is 6.09 Å². The number of amides is 2. The van der Waals surface area contributed by atoms with Crippen molar-refractivity contribution in [2.75, 3.05) is 5.32 Å². The predicted molar refractivity (Wildman–Crippen MR) is 133 cm³/mol. The number of benzene rings is 2. The van der Waals surface area contributed by atoms with Crippen molar-refractivity contribution < 1.29 is 24.6 Å². The molecule has 2 amide bonds. The number of ether oxygens (including phenoxy) is 1. The van der Waals surface area contributed by atoms with Crippen LogP contribution in [0.5, 0.6) is 5.75 Å². The second kappa shape index (κ2) is 11.8. The van der Waals surface area contributed by atoms with Crippen molar-refractivity contribution in [3.05, 3.63) is 67.5 Å². The van der Waals surface area contributed by atoms with Gasteiger partial charge in [-0.1, -0.05) is 51.8 Å². The third-order valence-electron chi connectivity index (χ3n) is 4.70. The summed E-state index contributed by atoms with van der Waals surface area (Å²) in [6, 6.07) is 10.5. The van der Waals surface area contributed by atoms with Gasteiger partial charge in [0.05, 0.1) is 4.47 Å². The minimum absolute atomic E-state index is 0.0297. The largest absolute Gasteiger partial charge is 0.506 e. The zero-order valence-corrected chi connectivity index (χ0v) is 22.1. The van der Waals surface area contributed by atoms with Gasteiger partial charge in [0.1, 0.15) is 11.9 Å². The van der Waals surface area contributed by atoms with E-state index >= 15 is 0 Å². The Hall–Kier alpha value is -1.88. The molecule has 2 rings (SSSR count). The molecule has 0 spiro atoms. The number of hydroxylamine groups is 1. The summed E-state index contributed by atoms with van der Waals surface area (Å²) in [4.78, 5) is 23.9.